The molecule has 18 heavy (non-hydrogen) atoms. The van der Waals surface area contributed by atoms with Gasteiger partial charge in [-0.25, -0.2) is 0 Å². The smallest absolute Gasteiger partial charge is 0.0923 e. The minimum absolute atomic E-state index is 0.0496. The van der Waals surface area contributed by atoms with Gasteiger partial charge in [-0.2, -0.15) is 0 Å². The molecule has 5 heteroatoms. The predicted octanol–water partition coefficient (Wildman–Crippen LogP) is 3.56. The molecule has 1 rings (SSSR count). The van der Waals surface area contributed by atoms with Gasteiger partial charge in [0.2, 0.25) is 0 Å². The number of halogens is 2. The first-order chi connectivity index (χ1) is 8.77. The van der Waals surface area contributed by atoms with E-state index in [2.05, 4.69) is 44.0 Å². The zero-order chi connectivity index (χ0) is 13.2. The van der Waals surface area contributed by atoms with Gasteiger partial charge in [0, 0.05) is 16.9 Å². The van der Waals surface area contributed by atoms with Crippen molar-refractivity contribution in [3.8, 4) is 0 Å². The molecule has 102 valence electrons. The fraction of sp³-hybridized carbons (Fsp3) is 0.538. The van der Waals surface area contributed by atoms with Gasteiger partial charge in [0.15, 0.2) is 0 Å². The third kappa shape index (κ3) is 6.29. The molecule has 0 bridgehead atoms. The molecule has 3 nitrogen and oxygen atoms in total. The van der Waals surface area contributed by atoms with Crippen LogP contribution in [0.1, 0.15) is 11.7 Å². The SMILES string of the molecule is COCCOCCOC(CBr)c1cccc(Br)c1. The maximum atomic E-state index is 5.78. The third-order valence-electron chi connectivity index (χ3n) is 2.34. The van der Waals surface area contributed by atoms with Gasteiger partial charge in [-0.15, -0.1) is 0 Å². The van der Waals surface area contributed by atoms with Crippen LogP contribution in [0, 0.1) is 0 Å². The van der Waals surface area contributed by atoms with E-state index in [-0.39, 0.29) is 6.10 Å². The summed E-state index contributed by atoms with van der Waals surface area (Å²) in [5.74, 6) is 0. The van der Waals surface area contributed by atoms with Gasteiger partial charge >= 0.3 is 0 Å². The quantitative estimate of drug-likeness (QED) is 0.483. The molecule has 0 heterocycles. The molecule has 1 unspecified atom stereocenters. The second-order valence-corrected chi connectivity index (χ2v) is 5.24. The molecule has 0 amide bonds. The van der Waals surface area contributed by atoms with Crippen LogP contribution in [0.4, 0.5) is 0 Å². The molecule has 0 saturated carbocycles. The number of rotatable bonds is 9. The van der Waals surface area contributed by atoms with Gasteiger partial charge in [0.25, 0.3) is 0 Å². The highest BCUT2D eigenvalue weighted by atomic mass is 79.9. The van der Waals surface area contributed by atoms with Crippen LogP contribution in [0.3, 0.4) is 0 Å². The summed E-state index contributed by atoms with van der Waals surface area (Å²) in [5, 5.41) is 0.765. The Balaban J connectivity index is 2.29. The van der Waals surface area contributed by atoms with E-state index in [1.54, 1.807) is 7.11 Å². The Labute approximate surface area is 125 Å². The molecule has 0 aliphatic heterocycles. The molecule has 0 N–H and O–H groups in total. The van der Waals surface area contributed by atoms with E-state index in [0.717, 1.165) is 15.4 Å². The molecule has 0 aliphatic carbocycles. The van der Waals surface area contributed by atoms with Crippen molar-refractivity contribution in [1.29, 1.82) is 0 Å². The van der Waals surface area contributed by atoms with Crippen molar-refractivity contribution in [3.05, 3.63) is 34.3 Å². The highest BCUT2D eigenvalue weighted by Crippen LogP contribution is 2.22. The lowest BCUT2D eigenvalue weighted by Gasteiger charge is -2.16. The molecule has 1 aromatic carbocycles. The van der Waals surface area contributed by atoms with Crippen LogP contribution in [0.2, 0.25) is 0 Å². The fourth-order valence-electron chi connectivity index (χ4n) is 1.43. The predicted molar refractivity (Wildman–Crippen MR) is 79.3 cm³/mol. The molecule has 0 aliphatic rings. The van der Waals surface area contributed by atoms with Crippen molar-refractivity contribution in [2.75, 3.05) is 38.9 Å². The first-order valence-corrected chi connectivity index (χ1v) is 7.69. The number of hydrogen-bond acceptors (Lipinski definition) is 3. The van der Waals surface area contributed by atoms with Crippen LogP contribution >= 0.6 is 31.9 Å². The number of alkyl halides is 1. The van der Waals surface area contributed by atoms with Crippen LogP contribution in [0.15, 0.2) is 28.7 Å². The lowest BCUT2D eigenvalue weighted by Crippen LogP contribution is -2.12. The third-order valence-corrected chi connectivity index (χ3v) is 3.42. The van der Waals surface area contributed by atoms with Crippen molar-refractivity contribution in [2.45, 2.75) is 6.10 Å². The van der Waals surface area contributed by atoms with Gasteiger partial charge in [-0.3, -0.25) is 0 Å². The van der Waals surface area contributed by atoms with Crippen molar-refractivity contribution < 1.29 is 14.2 Å². The van der Waals surface area contributed by atoms with E-state index >= 15 is 0 Å². The average molecular weight is 382 g/mol. The van der Waals surface area contributed by atoms with Crippen molar-refractivity contribution in [1.82, 2.24) is 0 Å². The Morgan fingerprint density at radius 2 is 1.94 bits per heavy atom. The van der Waals surface area contributed by atoms with E-state index in [1.165, 1.54) is 0 Å². The molecule has 1 aromatic rings. The molecular weight excluding hydrogens is 364 g/mol. The van der Waals surface area contributed by atoms with Crippen LogP contribution < -0.4 is 0 Å². The minimum Gasteiger partial charge on any atom is -0.382 e. The summed E-state index contributed by atoms with van der Waals surface area (Å²) >= 11 is 6.93. The normalized spacial score (nSPS) is 12.6. The maximum Gasteiger partial charge on any atom is 0.0923 e. The first-order valence-electron chi connectivity index (χ1n) is 5.77. The summed E-state index contributed by atoms with van der Waals surface area (Å²) in [5.41, 5.74) is 1.15. The molecule has 0 radical (unpaired) electrons. The van der Waals surface area contributed by atoms with Gasteiger partial charge in [0.05, 0.1) is 32.5 Å². The topological polar surface area (TPSA) is 27.7 Å². The van der Waals surface area contributed by atoms with Crippen LogP contribution in [0.5, 0.6) is 0 Å². The van der Waals surface area contributed by atoms with Gasteiger partial charge in [-0.1, -0.05) is 44.0 Å². The van der Waals surface area contributed by atoms with Crippen molar-refractivity contribution >= 4 is 31.9 Å². The molecule has 0 spiro atoms. The number of ether oxygens (including phenoxy) is 3. The molecule has 0 fully saturated rings. The summed E-state index contributed by atoms with van der Waals surface area (Å²) in [7, 11) is 1.66. The van der Waals surface area contributed by atoms with E-state index in [0.29, 0.717) is 26.4 Å². The fourth-order valence-corrected chi connectivity index (χ4v) is 2.41. The number of benzene rings is 1. The number of hydrogen-bond donors (Lipinski definition) is 0. The van der Waals surface area contributed by atoms with Crippen LogP contribution in [-0.4, -0.2) is 38.9 Å². The largest absolute Gasteiger partial charge is 0.382 e. The van der Waals surface area contributed by atoms with E-state index < -0.39 is 0 Å². The van der Waals surface area contributed by atoms with Crippen molar-refractivity contribution in [3.63, 3.8) is 0 Å². The van der Waals surface area contributed by atoms with Crippen molar-refractivity contribution in [2.24, 2.45) is 0 Å². The van der Waals surface area contributed by atoms with E-state index in [9.17, 15) is 0 Å². The lowest BCUT2D eigenvalue weighted by atomic mass is 10.1. The zero-order valence-electron chi connectivity index (χ0n) is 10.4. The van der Waals surface area contributed by atoms with Crippen LogP contribution in [0.25, 0.3) is 0 Å². The Hall–Kier alpha value is 0.0600. The van der Waals surface area contributed by atoms with E-state index in [4.69, 9.17) is 14.2 Å². The van der Waals surface area contributed by atoms with Gasteiger partial charge in [0.1, 0.15) is 0 Å². The van der Waals surface area contributed by atoms with Crippen LogP contribution in [-0.2, 0) is 14.2 Å². The molecular formula is C13H18Br2O3. The summed E-state index contributed by atoms with van der Waals surface area (Å²) in [6.45, 7) is 2.39. The Morgan fingerprint density at radius 1 is 1.17 bits per heavy atom. The Morgan fingerprint density at radius 3 is 2.61 bits per heavy atom. The summed E-state index contributed by atoms with van der Waals surface area (Å²) in [4.78, 5) is 0. The summed E-state index contributed by atoms with van der Waals surface area (Å²) < 4.78 is 17.1. The van der Waals surface area contributed by atoms with E-state index in [1.807, 2.05) is 12.1 Å². The second kappa shape index (κ2) is 9.92. The maximum absolute atomic E-state index is 5.78. The summed E-state index contributed by atoms with van der Waals surface area (Å²) in [6.07, 6.45) is 0.0496. The zero-order valence-corrected chi connectivity index (χ0v) is 13.6. The van der Waals surface area contributed by atoms with Gasteiger partial charge < -0.3 is 14.2 Å². The van der Waals surface area contributed by atoms with Gasteiger partial charge in [-0.05, 0) is 17.7 Å². The monoisotopic (exact) mass is 380 g/mol. The highest BCUT2D eigenvalue weighted by molar-refractivity contribution is 9.10. The first kappa shape index (κ1) is 16.1. The summed E-state index contributed by atoms with van der Waals surface area (Å²) in [6, 6.07) is 8.14. The standard InChI is InChI=1S/C13H18Br2O3/c1-16-5-6-17-7-8-18-13(10-14)11-3-2-4-12(15)9-11/h2-4,9,13H,5-8,10H2,1H3. The number of methoxy groups -OCH3 is 1. The highest BCUT2D eigenvalue weighted by Gasteiger charge is 2.10. The second-order valence-electron chi connectivity index (χ2n) is 3.67. The molecule has 0 aromatic heterocycles. The average Bonchev–Trinajstić information content (AvgIpc) is 2.38. The molecule has 1 atom stereocenters. The Bertz CT molecular complexity index is 334. The minimum atomic E-state index is 0.0496. The Kier molecular flexibility index (Phi) is 8.88. The molecule has 0 saturated heterocycles. The lowest BCUT2D eigenvalue weighted by molar-refractivity contribution is 0.000712.